The summed E-state index contributed by atoms with van der Waals surface area (Å²) in [4.78, 5) is 12.3. The molecule has 0 saturated carbocycles. The molecule has 0 radical (unpaired) electrons. The lowest BCUT2D eigenvalue weighted by molar-refractivity contribution is 0.102. The van der Waals surface area contributed by atoms with E-state index in [-0.39, 0.29) is 16.8 Å². The Morgan fingerprint density at radius 1 is 1.44 bits per heavy atom. The molecule has 1 aromatic heterocycles. The molecule has 0 aliphatic carbocycles. The van der Waals surface area contributed by atoms with E-state index < -0.39 is 15.9 Å². The van der Waals surface area contributed by atoms with Gasteiger partial charge in [0.2, 0.25) is 15.0 Å². The standard InChI is InChI=1S/C15H17ClN4O3S2/c1-2-25(22,23)20-8-4-7-12(20)14-18-19-15(24-14)13(21)17-11-6-3-5-10(16)9-11/h3,5-6,9,12H,2,4,7-8H2,1H3,(H,17,21). The molecule has 1 aromatic carbocycles. The third kappa shape index (κ3) is 4.00. The van der Waals surface area contributed by atoms with Gasteiger partial charge in [0.25, 0.3) is 5.91 Å². The van der Waals surface area contributed by atoms with Crippen molar-refractivity contribution in [1.29, 1.82) is 0 Å². The number of rotatable bonds is 5. The quantitative estimate of drug-likeness (QED) is 0.832. The van der Waals surface area contributed by atoms with Crippen molar-refractivity contribution < 1.29 is 13.2 Å². The number of sulfonamides is 1. The second-order valence-electron chi connectivity index (χ2n) is 5.58. The molecule has 134 valence electrons. The van der Waals surface area contributed by atoms with Crippen LogP contribution >= 0.6 is 22.9 Å². The fraction of sp³-hybridized carbons (Fsp3) is 0.400. The van der Waals surface area contributed by atoms with Crippen LogP contribution < -0.4 is 5.32 Å². The zero-order chi connectivity index (χ0) is 18.0. The van der Waals surface area contributed by atoms with E-state index in [9.17, 15) is 13.2 Å². The van der Waals surface area contributed by atoms with Gasteiger partial charge in [-0.25, -0.2) is 8.42 Å². The molecule has 1 fully saturated rings. The highest BCUT2D eigenvalue weighted by molar-refractivity contribution is 7.89. The number of hydrogen-bond donors (Lipinski definition) is 1. The number of carbonyl (C=O) groups is 1. The molecule has 1 amide bonds. The van der Waals surface area contributed by atoms with Gasteiger partial charge in [0.1, 0.15) is 5.01 Å². The van der Waals surface area contributed by atoms with Crippen LogP contribution in [0.5, 0.6) is 0 Å². The number of hydrogen-bond acceptors (Lipinski definition) is 6. The van der Waals surface area contributed by atoms with Crippen molar-refractivity contribution in [1.82, 2.24) is 14.5 Å². The number of halogens is 1. The predicted molar refractivity (Wildman–Crippen MR) is 97.5 cm³/mol. The molecule has 1 atom stereocenters. The summed E-state index contributed by atoms with van der Waals surface area (Å²) in [6, 6.07) is 6.46. The van der Waals surface area contributed by atoms with Gasteiger partial charge in [-0.1, -0.05) is 29.0 Å². The van der Waals surface area contributed by atoms with Gasteiger partial charge >= 0.3 is 0 Å². The third-order valence-electron chi connectivity index (χ3n) is 3.93. The van der Waals surface area contributed by atoms with Crippen LogP contribution in [0.15, 0.2) is 24.3 Å². The van der Waals surface area contributed by atoms with Gasteiger partial charge in [0, 0.05) is 17.3 Å². The van der Waals surface area contributed by atoms with Crippen molar-refractivity contribution in [3.63, 3.8) is 0 Å². The van der Waals surface area contributed by atoms with Gasteiger partial charge in [-0.2, -0.15) is 4.31 Å². The Morgan fingerprint density at radius 3 is 2.96 bits per heavy atom. The molecule has 0 spiro atoms. The van der Waals surface area contributed by atoms with Crippen LogP contribution in [0.25, 0.3) is 0 Å². The van der Waals surface area contributed by atoms with E-state index in [2.05, 4.69) is 15.5 Å². The van der Waals surface area contributed by atoms with E-state index >= 15 is 0 Å². The van der Waals surface area contributed by atoms with Gasteiger partial charge < -0.3 is 5.32 Å². The van der Waals surface area contributed by atoms with E-state index in [0.717, 1.165) is 17.8 Å². The minimum Gasteiger partial charge on any atom is -0.320 e. The van der Waals surface area contributed by atoms with Crippen LogP contribution in [0.4, 0.5) is 5.69 Å². The van der Waals surface area contributed by atoms with Gasteiger partial charge in [-0.3, -0.25) is 4.79 Å². The fourth-order valence-corrected chi connectivity index (χ4v) is 5.17. The average molecular weight is 401 g/mol. The van der Waals surface area contributed by atoms with Crippen LogP contribution in [-0.4, -0.2) is 41.1 Å². The first-order chi connectivity index (χ1) is 11.9. The van der Waals surface area contributed by atoms with E-state index in [0.29, 0.717) is 28.7 Å². The molecule has 1 N–H and O–H groups in total. The van der Waals surface area contributed by atoms with E-state index in [1.54, 1.807) is 31.2 Å². The van der Waals surface area contributed by atoms with Crippen molar-refractivity contribution in [3.05, 3.63) is 39.3 Å². The molecule has 25 heavy (non-hydrogen) atoms. The molecular formula is C15H17ClN4O3S2. The van der Waals surface area contributed by atoms with Crippen molar-refractivity contribution in [2.45, 2.75) is 25.8 Å². The minimum atomic E-state index is -3.30. The van der Waals surface area contributed by atoms with E-state index in [1.165, 1.54) is 4.31 Å². The topological polar surface area (TPSA) is 92.3 Å². The molecule has 1 unspecified atom stereocenters. The summed E-state index contributed by atoms with van der Waals surface area (Å²) in [6.45, 7) is 2.10. The fourth-order valence-electron chi connectivity index (χ4n) is 2.70. The molecule has 2 heterocycles. The number of benzene rings is 1. The summed E-state index contributed by atoms with van der Waals surface area (Å²) in [6.07, 6.45) is 1.46. The first kappa shape index (κ1) is 18.2. The Labute approximate surface area is 155 Å². The minimum absolute atomic E-state index is 0.0460. The number of aromatic nitrogens is 2. The molecule has 10 heteroatoms. The lowest BCUT2D eigenvalue weighted by Gasteiger charge is -2.21. The van der Waals surface area contributed by atoms with Crippen LogP contribution in [0.2, 0.25) is 5.02 Å². The highest BCUT2D eigenvalue weighted by Gasteiger charge is 2.36. The molecule has 1 aliphatic rings. The Morgan fingerprint density at radius 2 is 2.24 bits per heavy atom. The summed E-state index contributed by atoms with van der Waals surface area (Å²) < 4.78 is 25.8. The largest absolute Gasteiger partial charge is 0.320 e. The Balaban J connectivity index is 1.77. The van der Waals surface area contributed by atoms with Crippen molar-refractivity contribution in [2.75, 3.05) is 17.6 Å². The first-order valence-electron chi connectivity index (χ1n) is 7.80. The van der Waals surface area contributed by atoms with Gasteiger partial charge in [-0.15, -0.1) is 10.2 Å². The first-order valence-corrected chi connectivity index (χ1v) is 10.6. The van der Waals surface area contributed by atoms with E-state index in [4.69, 9.17) is 11.6 Å². The maximum Gasteiger partial charge on any atom is 0.286 e. The summed E-state index contributed by atoms with van der Waals surface area (Å²) in [7, 11) is -3.30. The Kier molecular flexibility index (Phi) is 5.38. The van der Waals surface area contributed by atoms with Gasteiger partial charge in [-0.05, 0) is 38.0 Å². The van der Waals surface area contributed by atoms with Crippen molar-refractivity contribution in [3.8, 4) is 0 Å². The number of anilines is 1. The number of nitrogens with zero attached hydrogens (tertiary/aromatic N) is 3. The number of carbonyl (C=O) groups excluding carboxylic acids is 1. The highest BCUT2D eigenvalue weighted by atomic mass is 35.5. The summed E-state index contributed by atoms with van der Waals surface area (Å²) in [5, 5.41) is 11.9. The van der Waals surface area contributed by atoms with Crippen molar-refractivity contribution >= 4 is 44.6 Å². The zero-order valence-corrected chi connectivity index (χ0v) is 15.9. The number of amides is 1. The molecule has 3 rings (SSSR count). The molecule has 2 aromatic rings. The second kappa shape index (κ2) is 7.36. The van der Waals surface area contributed by atoms with Crippen LogP contribution in [0.3, 0.4) is 0 Å². The Hall–Kier alpha value is -1.55. The van der Waals surface area contributed by atoms with Gasteiger partial charge in [0.15, 0.2) is 0 Å². The zero-order valence-electron chi connectivity index (χ0n) is 13.5. The predicted octanol–water partition coefficient (Wildman–Crippen LogP) is 2.93. The lowest BCUT2D eigenvalue weighted by Crippen LogP contribution is -2.31. The lowest BCUT2D eigenvalue weighted by atomic mass is 10.2. The smallest absolute Gasteiger partial charge is 0.286 e. The van der Waals surface area contributed by atoms with Crippen molar-refractivity contribution in [2.24, 2.45) is 0 Å². The Bertz CT molecular complexity index is 884. The molecular weight excluding hydrogens is 384 g/mol. The normalized spacial score (nSPS) is 18.4. The average Bonchev–Trinajstić information content (AvgIpc) is 3.24. The van der Waals surface area contributed by atoms with Crippen LogP contribution in [0.1, 0.15) is 40.6 Å². The highest BCUT2D eigenvalue weighted by Crippen LogP contribution is 2.35. The monoisotopic (exact) mass is 400 g/mol. The summed E-state index contributed by atoms with van der Waals surface area (Å²) in [5.41, 5.74) is 0.560. The van der Waals surface area contributed by atoms with E-state index in [1.807, 2.05) is 0 Å². The van der Waals surface area contributed by atoms with Crippen LogP contribution in [-0.2, 0) is 10.0 Å². The summed E-state index contributed by atoms with van der Waals surface area (Å²) >= 11 is 7.02. The maximum absolute atomic E-state index is 12.3. The second-order valence-corrected chi connectivity index (χ2v) is 9.23. The molecule has 1 aliphatic heterocycles. The molecule has 1 saturated heterocycles. The van der Waals surface area contributed by atoms with Crippen LogP contribution in [0, 0.1) is 0 Å². The maximum atomic E-state index is 12.3. The third-order valence-corrected chi connectivity index (χ3v) is 7.07. The SMILES string of the molecule is CCS(=O)(=O)N1CCCC1c1nnc(C(=O)Nc2cccc(Cl)c2)s1. The summed E-state index contributed by atoms with van der Waals surface area (Å²) in [5.74, 6) is -0.348. The molecule has 7 nitrogen and oxygen atoms in total. The van der Waals surface area contributed by atoms with Gasteiger partial charge in [0.05, 0.1) is 11.8 Å². The molecule has 0 bridgehead atoms. The number of nitrogens with one attached hydrogen (secondary N) is 1.